The van der Waals surface area contributed by atoms with Crippen LogP contribution in [-0.4, -0.2) is 7.05 Å². The summed E-state index contributed by atoms with van der Waals surface area (Å²) in [5.74, 6) is 0. The van der Waals surface area contributed by atoms with Crippen LogP contribution >= 0.6 is 0 Å². The quantitative estimate of drug-likeness (QED) is 0.465. The van der Waals surface area contributed by atoms with E-state index in [-0.39, 0.29) is 0 Å². The average Bonchev–Trinajstić information content (AvgIpc) is 1.67. The maximum atomic E-state index is 3.83. The molecule has 0 aliphatic rings. The Morgan fingerprint density at radius 3 is 1.75 bits per heavy atom. The molecule has 8 heavy (non-hydrogen) atoms. The molecule has 0 N–H and O–H groups in total. The zero-order chi connectivity index (χ0) is 6.57. The summed E-state index contributed by atoms with van der Waals surface area (Å²) in [7, 11) is 1.67. The predicted octanol–water partition coefficient (Wildman–Crippen LogP) is 2.38. The van der Waals surface area contributed by atoms with Crippen LogP contribution < -0.4 is 0 Å². The van der Waals surface area contributed by atoms with Crippen LogP contribution in [-0.2, 0) is 0 Å². The Kier molecular flexibility index (Phi) is 3.08. The lowest BCUT2D eigenvalue weighted by molar-refractivity contribution is 1.05. The van der Waals surface area contributed by atoms with Gasteiger partial charge in [0.25, 0.3) is 0 Å². The van der Waals surface area contributed by atoms with Crippen LogP contribution in [0.25, 0.3) is 0 Å². The SMILES string of the molecule is CN=NC(C)=C(C)C. The van der Waals surface area contributed by atoms with Crippen molar-refractivity contribution in [3.63, 3.8) is 0 Å². The number of rotatable bonds is 1. The highest BCUT2D eigenvalue weighted by atomic mass is 15.1. The minimum Gasteiger partial charge on any atom is -0.192 e. The molecule has 0 spiro atoms. The lowest BCUT2D eigenvalue weighted by Gasteiger charge is -1.89. The van der Waals surface area contributed by atoms with Gasteiger partial charge in [0.15, 0.2) is 0 Å². The van der Waals surface area contributed by atoms with E-state index in [9.17, 15) is 0 Å². The predicted molar refractivity (Wildman–Crippen MR) is 34.8 cm³/mol. The molecule has 0 aromatic rings. The van der Waals surface area contributed by atoms with E-state index in [1.165, 1.54) is 5.57 Å². The second-order valence-electron chi connectivity index (χ2n) is 1.89. The highest BCUT2D eigenvalue weighted by molar-refractivity contribution is 5.03. The van der Waals surface area contributed by atoms with Crippen molar-refractivity contribution < 1.29 is 0 Å². The summed E-state index contributed by atoms with van der Waals surface area (Å²) in [6, 6.07) is 0. The van der Waals surface area contributed by atoms with Crippen LogP contribution in [0.15, 0.2) is 21.5 Å². The fraction of sp³-hybridized carbons (Fsp3) is 0.667. The van der Waals surface area contributed by atoms with Crippen molar-refractivity contribution in [2.24, 2.45) is 10.2 Å². The van der Waals surface area contributed by atoms with Gasteiger partial charge in [-0.3, -0.25) is 0 Å². The Balaban J connectivity index is 4.00. The molecule has 0 amide bonds. The smallest absolute Gasteiger partial charge is 0.0581 e. The Morgan fingerprint density at radius 1 is 1.12 bits per heavy atom. The van der Waals surface area contributed by atoms with Gasteiger partial charge in [-0.15, -0.1) is 0 Å². The summed E-state index contributed by atoms with van der Waals surface area (Å²) in [6.45, 7) is 5.98. The molecule has 0 aromatic carbocycles. The standard InChI is InChI=1S/C6H12N2/c1-5(2)6(3)8-7-4/h1-4H3. The topological polar surface area (TPSA) is 24.7 Å². The van der Waals surface area contributed by atoms with Crippen molar-refractivity contribution in [3.05, 3.63) is 11.3 Å². The van der Waals surface area contributed by atoms with Crippen LogP contribution in [0.2, 0.25) is 0 Å². The third kappa shape index (κ3) is 2.50. The van der Waals surface area contributed by atoms with Gasteiger partial charge in [0.1, 0.15) is 0 Å². The number of hydrogen-bond donors (Lipinski definition) is 0. The van der Waals surface area contributed by atoms with E-state index in [4.69, 9.17) is 0 Å². The van der Waals surface area contributed by atoms with Crippen molar-refractivity contribution in [1.29, 1.82) is 0 Å². The molecule has 0 saturated heterocycles. The molecule has 46 valence electrons. The molecule has 0 aliphatic carbocycles. The van der Waals surface area contributed by atoms with E-state index < -0.39 is 0 Å². The monoisotopic (exact) mass is 112 g/mol. The molecule has 0 saturated carbocycles. The summed E-state index contributed by atoms with van der Waals surface area (Å²) in [4.78, 5) is 0. The second-order valence-corrected chi connectivity index (χ2v) is 1.89. The number of azo groups is 1. The van der Waals surface area contributed by atoms with Crippen molar-refractivity contribution in [2.75, 3.05) is 7.05 Å². The number of hydrogen-bond acceptors (Lipinski definition) is 2. The molecule has 0 aliphatic heterocycles. The van der Waals surface area contributed by atoms with Gasteiger partial charge in [-0.1, -0.05) is 5.57 Å². The number of allylic oxidation sites excluding steroid dienone is 2. The molecule has 2 heteroatoms. The fourth-order valence-electron chi connectivity index (χ4n) is 0.250. The molecule has 0 fully saturated rings. The molecule has 2 nitrogen and oxygen atoms in total. The first-order valence-electron chi connectivity index (χ1n) is 2.62. The molecular formula is C6H12N2. The molecule has 0 unspecified atom stereocenters. The lowest BCUT2D eigenvalue weighted by atomic mass is 10.3. The largest absolute Gasteiger partial charge is 0.192 e. The van der Waals surface area contributed by atoms with E-state index in [1.807, 2.05) is 20.8 Å². The third-order valence-corrected chi connectivity index (χ3v) is 0.974. The van der Waals surface area contributed by atoms with Gasteiger partial charge < -0.3 is 0 Å². The highest BCUT2D eigenvalue weighted by Crippen LogP contribution is 2.01. The molecule has 0 atom stereocenters. The Bertz CT molecular complexity index is 118. The first-order chi connectivity index (χ1) is 3.68. The van der Waals surface area contributed by atoms with Crippen LogP contribution in [0.5, 0.6) is 0 Å². The molecule has 0 aromatic heterocycles. The van der Waals surface area contributed by atoms with Gasteiger partial charge in [-0.2, -0.15) is 10.2 Å². The van der Waals surface area contributed by atoms with Gasteiger partial charge in [0, 0.05) is 7.05 Å². The number of nitrogens with zero attached hydrogens (tertiary/aromatic N) is 2. The summed E-state index contributed by atoms with van der Waals surface area (Å²) in [6.07, 6.45) is 0. The molecule has 0 heterocycles. The molecule has 0 bridgehead atoms. The Labute approximate surface area is 50.3 Å². The summed E-state index contributed by atoms with van der Waals surface area (Å²) in [5, 5.41) is 7.45. The first kappa shape index (κ1) is 7.34. The van der Waals surface area contributed by atoms with Crippen molar-refractivity contribution in [2.45, 2.75) is 20.8 Å². The van der Waals surface area contributed by atoms with Gasteiger partial charge in [0.05, 0.1) is 5.70 Å². The summed E-state index contributed by atoms with van der Waals surface area (Å²) < 4.78 is 0. The normalized spacial score (nSPS) is 10.0. The lowest BCUT2D eigenvalue weighted by Crippen LogP contribution is -1.70. The minimum atomic E-state index is 1.01. The maximum absolute atomic E-state index is 3.83. The zero-order valence-corrected chi connectivity index (χ0v) is 5.89. The van der Waals surface area contributed by atoms with E-state index in [2.05, 4.69) is 10.2 Å². The molecule has 0 radical (unpaired) electrons. The van der Waals surface area contributed by atoms with Gasteiger partial charge in [-0.25, -0.2) is 0 Å². The first-order valence-corrected chi connectivity index (χ1v) is 2.62. The van der Waals surface area contributed by atoms with E-state index in [0.717, 1.165) is 5.70 Å². The van der Waals surface area contributed by atoms with Gasteiger partial charge in [0.2, 0.25) is 0 Å². The average molecular weight is 112 g/mol. The van der Waals surface area contributed by atoms with Crippen LogP contribution in [0.4, 0.5) is 0 Å². The van der Waals surface area contributed by atoms with Crippen molar-refractivity contribution in [3.8, 4) is 0 Å². The third-order valence-electron chi connectivity index (χ3n) is 0.974. The van der Waals surface area contributed by atoms with E-state index in [0.29, 0.717) is 0 Å². The van der Waals surface area contributed by atoms with E-state index in [1.54, 1.807) is 7.05 Å². The van der Waals surface area contributed by atoms with Crippen LogP contribution in [0, 0.1) is 0 Å². The second kappa shape index (κ2) is 3.36. The summed E-state index contributed by atoms with van der Waals surface area (Å²) in [5.41, 5.74) is 2.23. The molecular weight excluding hydrogens is 100 g/mol. The Morgan fingerprint density at radius 2 is 1.62 bits per heavy atom. The van der Waals surface area contributed by atoms with Crippen LogP contribution in [0.3, 0.4) is 0 Å². The van der Waals surface area contributed by atoms with E-state index >= 15 is 0 Å². The summed E-state index contributed by atoms with van der Waals surface area (Å²) >= 11 is 0. The van der Waals surface area contributed by atoms with Gasteiger partial charge >= 0.3 is 0 Å². The maximum Gasteiger partial charge on any atom is 0.0581 e. The van der Waals surface area contributed by atoms with Gasteiger partial charge in [-0.05, 0) is 20.8 Å². The van der Waals surface area contributed by atoms with Crippen LogP contribution in [0.1, 0.15) is 20.8 Å². The fourth-order valence-corrected chi connectivity index (χ4v) is 0.250. The highest BCUT2D eigenvalue weighted by Gasteiger charge is 1.83. The zero-order valence-electron chi connectivity index (χ0n) is 5.89. The minimum absolute atomic E-state index is 1.01. The van der Waals surface area contributed by atoms with Crippen molar-refractivity contribution in [1.82, 2.24) is 0 Å². The molecule has 0 rings (SSSR count). The Hall–Kier alpha value is -0.660. The van der Waals surface area contributed by atoms with Crippen molar-refractivity contribution >= 4 is 0 Å².